The third-order valence-corrected chi connectivity index (χ3v) is 3.86. The van der Waals surface area contributed by atoms with Crippen LogP contribution in [0.25, 0.3) is 6.08 Å². The summed E-state index contributed by atoms with van der Waals surface area (Å²) < 4.78 is 11.4. The molecule has 3 rings (SSSR count). The molecular formula is C20H23N3O3. The molecule has 0 bridgehead atoms. The Labute approximate surface area is 153 Å². The Bertz CT molecular complexity index is 770. The Morgan fingerprint density at radius 1 is 1.31 bits per heavy atom. The van der Waals surface area contributed by atoms with Gasteiger partial charge < -0.3 is 14.8 Å². The molecule has 136 valence electrons. The van der Waals surface area contributed by atoms with Crippen LogP contribution in [0.5, 0.6) is 17.5 Å². The van der Waals surface area contributed by atoms with Gasteiger partial charge in [-0.15, -0.1) is 0 Å². The quantitative estimate of drug-likeness (QED) is 0.785. The summed E-state index contributed by atoms with van der Waals surface area (Å²) in [6, 6.07) is 7.22. The predicted octanol–water partition coefficient (Wildman–Crippen LogP) is 3.60. The van der Waals surface area contributed by atoms with Crippen LogP contribution in [0, 0.1) is 5.92 Å². The van der Waals surface area contributed by atoms with Crippen LogP contribution in [-0.2, 0) is 4.79 Å². The predicted molar refractivity (Wildman–Crippen MR) is 99.1 cm³/mol. The van der Waals surface area contributed by atoms with Crippen molar-refractivity contribution in [2.75, 3.05) is 6.61 Å². The Hall–Kier alpha value is -2.89. The van der Waals surface area contributed by atoms with Gasteiger partial charge in [0.1, 0.15) is 5.75 Å². The lowest BCUT2D eigenvalue weighted by molar-refractivity contribution is -0.119. The number of hydrogen-bond donors (Lipinski definition) is 1. The van der Waals surface area contributed by atoms with Gasteiger partial charge in [0.05, 0.1) is 6.61 Å². The maximum absolute atomic E-state index is 11.0. The van der Waals surface area contributed by atoms with E-state index in [0.717, 1.165) is 5.56 Å². The fourth-order valence-corrected chi connectivity index (χ4v) is 2.32. The molecule has 1 atom stereocenters. The summed E-state index contributed by atoms with van der Waals surface area (Å²) in [5, 5.41) is 2.79. The minimum absolute atomic E-state index is 0.0331. The zero-order valence-corrected chi connectivity index (χ0v) is 15.0. The van der Waals surface area contributed by atoms with Crippen molar-refractivity contribution in [2.24, 2.45) is 5.92 Å². The zero-order valence-electron chi connectivity index (χ0n) is 15.0. The number of nitrogens with zero attached hydrogens (tertiary/aromatic N) is 2. The van der Waals surface area contributed by atoms with Crippen LogP contribution in [0.1, 0.15) is 32.3 Å². The molecule has 2 aromatic rings. The average molecular weight is 353 g/mol. The number of pyridine rings is 2. The monoisotopic (exact) mass is 353 g/mol. The van der Waals surface area contributed by atoms with E-state index < -0.39 is 0 Å². The number of amides is 1. The van der Waals surface area contributed by atoms with E-state index in [0.29, 0.717) is 30.0 Å². The van der Waals surface area contributed by atoms with Gasteiger partial charge in [-0.05, 0) is 43.4 Å². The SMILES string of the molecule is CC(=O)N[C@@H](C)/C=C/c1ccc(Oc2ccnc(OCC3CC3)c2)nc1. The van der Waals surface area contributed by atoms with E-state index in [4.69, 9.17) is 9.47 Å². The zero-order chi connectivity index (χ0) is 18.4. The van der Waals surface area contributed by atoms with E-state index in [9.17, 15) is 4.79 Å². The number of rotatable bonds is 8. The number of aromatic nitrogens is 2. The van der Waals surface area contributed by atoms with Gasteiger partial charge in [-0.2, -0.15) is 0 Å². The second-order valence-electron chi connectivity index (χ2n) is 6.46. The number of carbonyl (C=O) groups is 1. The molecule has 26 heavy (non-hydrogen) atoms. The van der Waals surface area contributed by atoms with E-state index in [1.165, 1.54) is 19.8 Å². The lowest BCUT2D eigenvalue weighted by Crippen LogP contribution is -2.28. The molecule has 0 radical (unpaired) electrons. The van der Waals surface area contributed by atoms with Gasteiger partial charge in [0.15, 0.2) is 0 Å². The summed E-state index contributed by atoms with van der Waals surface area (Å²) in [6.07, 6.45) is 9.68. The normalized spacial score (nSPS) is 14.8. The molecule has 1 N–H and O–H groups in total. The van der Waals surface area contributed by atoms with Crippen molar-refractivity contribution in [1.29, 1.82) is 0 Å². The summed E-state index contributed by atoms with van der Waals surface area (Å²) in [4.78, 5) is 19.5. The Morgan fingerprint density at radius 2 is 2.15 bits per heavy atom. The van der Waals surface area contributed by atoms with Crippen molar-refractivity contribution in [3.8, 4) is 17.5 Å². The first kappa shape index (κ1) is 17.9. The smallest absolute Gasteiger partial charge is 0.219 e. The van der Waals surface area contributed by atoms with Crippen LogP contribution in [0.2, 0.25) is 0 Å². The van der Waals surface area contributed by atoms with Crippen LogP contribution >= 0.6 is 0 Å². The molecule has 0 aliphatic heterocycles. The second kappa shape index (κ2) is 8.47. The van der Waals surface area contributed by atoms with Gasteiger partial charge in [0.25, 0.3) is 0 Å². The highest BCUT2D eigenvalue weighted by Gasteiger charge is 2.22. The van der Waals surface area contributed by atoms with Crippen LogP contribution < -0.4 is 14.8 Å². The summed E-state index contributed by atoms with van der Waals surface area (Å²) in [5.74, 6) is 2.33. The fraction of sp³-hybridized carbons (Fsp3) is 0.350. The summed E-state index contributed by atoms with van der Waals surface area (Å²) in [5.41, 5.74) is 0.928. The van der Waals surface area contributed by atoms with Crippen molar-refractivity contribution in [2.45, 2.75) is 32.7 Å². The minimum atomic E-state index is -0.0538. The maximum Gasteiger partial charge on any atom is 0.219 e. The molecule has 2 heterocycles. The fourth-order valence-electron chi connectivity index (χ4n) is 2.32. The Balaban J connectivity index is 1.56. The van der Waals surface area contributed by atoms with Crippen LogP contribution in [-0.4, -0.2) is 28.5 Å². The highest BCUT2D eigenvalue weighted by molar-refractivity contribution is 5.73. The summed E-state index contributed by atoms with van der Waals surface area (Å²) in [7, 11) is 0. The first-order valence-electron chi connectivity index (χ1n) is 8.76. The molecular weight excluding hydrogens is 330 g/mol. The Morgan fingerprint density at radius 3 is 2.85 bits per heavy atom. The lowest BCUT2D eigenvalue weighted by atomic mass is 10.2. The van der Waals surface area contributed by atoms with Crippen LogP contribution in [0.4, 0.5) is 0 Å². The van der Waals surface area contributed by atoms with E-state index in [1.807, 2.05) is 25.1 Å². The molecule has 0 unspecified atom stereocenters. The highest BCUT2D eigenvalue weighted by atomic mass is 16.5. The molecule has 6 heteroatoms. The van der Waals surface area contributed by atoms with Gasteiger partial charge in [-0.3, -0.25) is 4.79 Å². The topological polar surface area (TPSA) is 73.3 Å². The third kappa shape index (κ3) is 5.88. The van der Waals surface area contributed by atoms with Crippen molar-refractivity contribution >= 4 is 12.0 Å². The molecule has 0 saturated heterocycles. The van der Waals surface area contributed by atoms with E-state index in [1.54, 1.807) is 30.6 Å². The maximum atomic E-state index is 11.0. The van der Waals surface area contributed by atoms with Crippen molar-refractivity contribution in [3.63, 3.8) is 0 Å². The molecule has 1 saturated carbocycles. The molecule has 0 aromatic carbocycles. The highest BCUT2D eigenvalue weighted by Crippen LogP contribution is 2.30. The van der Waals surface area contributed by atoms with Crippen LogP contribution in [0.15, 0.2) is 42.7 Å². The van der Waals surface area contributed by atoms with E-state index >= 15 is 0 Å². The number of hydrogen-bond acceptors (Lipinski definition) is 5. The standard InChI is InChI=1S/C20H23N3O3/c1-14(23-15(2)24)3-4-16-7-8-19(22-12-16)26-18-9-10-21-20(11-18)25-13-17-5-6-17/h3-4,7-12,14,17H,5-6,13H2,1-2H3,(H,23,24)/b4-3+/t14-/m0/s1. The van der Waals surface area contributed by atoms with Crippen molar-refractivity contribution in [1.82, 2.24) is 15.3 Å². The van der Waals surface area contributed by atoms with Crippen molar-refractivity contribution in [3.05, 3.63) is 48.3 Å². The summed E-state index contributed by atoms with van der Waals surface area (Å²) >= 11 is 0. The third-order valence-electron chi connectivity index (χ3n) is 3.86. The molecule has 0 spiro atoms. The molecule has 2 aromatic heterocycles. The van der Waals surface area contributed by atoms with Gasteiger partial charge in [0.2, 0.25) is 17.7 Å². The number of carbonyl (C=O) groups excluding carboxylic acids is 1. The minimum Gasteiger partial charge on any atom is -0.477 e. The van der Waals surface area contributed by atoms with Gasteiger partial charge in [-0.1, -0.05) is 12.2 Å². The largest absolute Gasteiger partial charge is 0.477 e. The molecule has 1 amide bonds. The second-order valence-corrected chi connectivity index (χ2v) is 6.46. The molecule has 1 fully saturated rings. The van der Waals surface area contributed by atoms with E-state index in [2.05, 4.69) is 15.3 Å². The molecule has 6 nitrogen and oxygen atoms in total. The lowest BCUT2D eigenvalue weighted by Gasteiger charge is -2.08. The Kier molecular flexibility index (Phi) is 5.84. The van der Waals surface area contributed by atoms with Crippen molar-refractivity contribution < 1.29 is 14.3 Å². The van der Waals surface area contributed by atoms with Gasteiger partial charge in [0, 0.05) is 37.5 Å². The first-order valence-corrected chi connectivity index (χ1v) is 8.76. The summed E-state index contributed by atoms with van der Waals surface area (Å²) in [6.45, 7) is 4.13. The average Bonchev–Trinajstić information content (AvgIpc) is 3.44. The van der Waals surface area contributed by atoms with Crippen LogP contribution in [0.3, 0.4) is 0 Å². The van der Waals surface area contributed by atoms with Gasteiger partial charge >= 0.3 is 0 Å². The first-order chi connectivity index (χ1) is 12.6. The van der Waals surface area contributed by atoms with E-state index in [-0.39, 0.29) is 11.9 Å². The van der Waals surface area contributed by atoms with Gasteiger partial charge in [-0.25, -0.2) is 9.97 Å². The molecule has 1 aliphatic rings. The molecule has 1 aliphatic carbocycles. The number of nitrogens with one attached hydrogen (secondary N) is 1. The number of ether oxygens (including phenoxy) is 2.